The van der Waals surface area contributed by atoms with E-state index in [1.54, 1.807) is 0 Å². The van der Waals surface area contributed by atoms with Gasteiger partial charge in [0.25, 0.3) is 0 Å². The molecule has 0 radical (unpaired) electrons. The molecular formula is C13H17NO2. The molecule has 1 aliphatic heterocycles. The molecule has 3 nitrogen and oxygen atoms in total. The second-order valence-electron chi connectivity index (χ2n) is 4.63. The van der Waals surface area contributed by atoms with Crippen LogP contribution >= 0.6 is 0 Å². The van der Waals surface area contributed by atoms with Crippen molar-refractivity contribution in [1.82, 2.24) is 0 Å². The maximum Gasteiger partial charge on any atom is 0.187 e. The van der Waals surface area contributed by atoms with Crippen molar-refractivity contribution in [3.63, 3.8) is 0 Å². The molecule has 16 heavy (non-hydrogen) atoms. The lowest BCUT2D eigenvalue weighted by Crippen LogP contribution is -2.36. The number of nitrogens with zero attached hydrogens (tertiary/aromatic N) is 1. The van der Waals surface area contributed by atoms with Gasteiger partial charge in [0, 0.05) is 11.8 Å². The van der Waals surface area contributed by atoms with E-state index in [2.05, 4.69) is 17.1 Å². The molecule has 0 bridgehead atoms. The van der Waals surface area contributed by atoms with Crippen LogP contribution < -0.4 is 0 Å². The minimum absolute atomic E-state index is 0.120. The summed E-state index contributed by atoms with van der Waals surface area (Å²) < 4.78 is 5.58. The van der Waals surface area contributed by atoms with E-state index >= 15 is 0 Å². The van der Waals surface area contributed by atoms with Crippen molar-refractivity contribution in [1.29, 1.82) is 0 Å². The third kappa shape index (κ3) is 2.61. The number of benzene rings is 1. The molecule has 1 N–H and O–H groups in total. The molecule has 1 aliphatic rings. The van der Waals surface area contributed by atoms with Crippen molar-refractivity contribution >= 4 is 5.90 Å². The quantitative estimate of drug-likeness (QED) is 0.840. The fraction of sp³-hybridized carbons (Fsp3) is 0.462. The molecule has 0 saturated heterocycles. The molecule has 1 atom stereocenters. The predicted octanol–water partition coefficient (Wildman–Crippen LogP) is 1.66. The van der Waals surface area contributed by atoms with Crippen molar-refractivity contribution in [3.8, 4) is 0 Å². The Labute approximate surface area is 95.8 Å². The van der Waals surface area contributed by atoms with Gasteiger partial charge >= 0.3 is 0 Å². The van der Waals surface area contributed by atoms with Gasteiger partial charge in [-0.15, -0.1) is 0 Å². The third-order valence-corrected chi connectivity index (χ3v) is 2.80. The second kappa shape index (κ2) is 4.66. The first-order valence-corrected chi connectivity index (χ1v) is 5.53. The molecule has 1 aromatic carbocycles. The molecule has 0 saturated carbocycles. The Morgan fingerprint density at radius 3 is 2.69 bits per heavy atom. The van der Waals surface area contributed by atoms with Gasteiger partial charge in [0.15, 0.2) is 5.90 Å². The molecule has 1 aromatic rings. The van der Waals surface area contributed by atoms with Gasteiger partial charge < -0.3 is 9.84 Å². The van der Waals surface area contributed by atoms with Crippen LogP contribution in [-0.4, -0.2) is 30.8 Å². The summed E-state index contributed by atoms with van der Waals surface area (Å²) in [4.78, 5) is 4.38. The minimum atomic E-state index is -0.208. The van der Waals surface area contributed by atoms with Crippen molar-refractivity contribution in [2.24, 2.45) is 10.4 Å². The molecule has 0 aliphatic carbocycles. The van der Waals surface area contributed by atoms with Gasteiger partial charge in [0.2, 0.25) is 0 Å². The number of hydrogen-bond acceptors (Lipinski definition) is 3. The molecule has 1 heterocycles. The highest BCUT2D eigenvalue weighted by molar-refractivity contribution is 5.79. The maximum absolute atomic E-state index is 9.18. The monoisotopic (exact) mass is 219 g/mol. The minimum Gasteiger partial charge on any atom is -0.480 e. The van der Waals surface area contributed by atoms with Gasteiger partial charge in [-0.3, -0.25) is 4.99 Å². The van der Waals surface area contributed by atoms with E-state index < -0.39 is 0 Å². The van der Waals surface area contributed by atoms with Gasteiger partial charge in [-0.2, -0.15) is 0 Å². The van der Waals surface area contributed by atoms with E-state index in [1.807, 2.05) is 25.1 Å². The lowest BCUT2D eigenvalue weighted by Gasteiger charge is -2.30. The Hall–Kier alpha value is -1.35. The van der Waals surface area contributed by atoms with Crippen LogP contribution in [0, 0.1) is 5.41 Å². The van der Waals surface area contributed by atoms with Gasteiger partial charge in [-0.1, -0.05) is 37.3 Å². The third-order valence-electron chi connectivity index (χ3n) is 2.80. The number of rotatable bonds is 3. The lowest BCUT2D eigenvalue weighted by atomic mass is 9.92. The van der Waals surface area contributed by atoms with Gasteiger partial charge in [-0.25, -0.2) is 0 Å². The topological polar surface area (TPSA) is 41.8 Å². The van der Waals surface area contributed by atoms with E-state index in [0.29, 0.717) is 13.2 Å². The van der Waals surface area contributed by atoms with E-state index in [0.717, 1.165) is 12.3 Å². The number of hydrogen-bond donors (Lipinski definition) is 1. The summed E-state index contributed by atoms with van der Waals surface area (Å²) in [6.45, 7) is 3.30. The molecule has 0 amide bonds. The Morgan fingerprint density at radius 2 is 2.12 bits per heavy atom. The molecular weight excluding hydrogens is 202 g/mol. The van der Waals surface area contributed by atoms with Gasteiger partial charge in [0.05, 0.1) is 19.8 Å². The number of aliphatic imine (C=N–C) groups is 1. The molecule has 0 spiro atoms. The molecule has 0 fully saturated rings. The highest BCUT2D eigenvalue weighted by Gasteiger charge is 2.28. The molecule has 86 valence electrons. The zero-order chi connectivity index (χ0) is 11.4. The highest BCUT2D eigenvalue weighted by Crippen LogP contribution is 2.21. The first-order chi connectivity index (χ1) is 7.72. The van der Waals surface area contributed by atoms with Crippen molar-refractivity contribution in [3.05, 3.63) is 35.9 Å². The average molecular weight is 219 g/mol. The van der Waals surface area contributed by atoms with Crippen LogP contribution in [-0.2, 0) is 11.2 Å². The van der Waals surface area contributed by atoms with Crippen molar-refractivity contribution in [2.45, 2.75) is 13.3 Å². The maximum atomic E-state index is 9.18. The second-order valence-corrected chi connectivity index (χ2v) is 4.63. The summed E-state index contributed by atoms with van der Waals surface area (Å²) in [5, 5.41) is 9.18. The number of aliphatic hydroxyl groups excluding tert-OH is 1. The normalized spacial score (nSPS) is 24.8. The van der Waals surface area contributed by atoms with Gasteiger partial charge in [0.1, 0.15) is 0 Å². The summed E-state index contributed by atoms with van der Waals surface area (Å²) in [5.41, 5.74) is 0.994. The van der Waals surface area contributed by atoms with Crippen molar-refractivity contribution < 1.29 is 9.84 Å². The van der Waals surface area contributed by atoms with E-state index in [4.69, 9.17) is 4.74 Å². The fourth-order valence-corrected chi connectivity index (χ4v) is 1.60. The smallest absolute Gasteiger partial charge is 0.187 e. The van der Waals surface area contributed by atoms with Gasteiger partial charge in [-0.05, 0) is 5.56 Å². The Balaban J connectivity index is 1.99. The number of ether oxygens (including phenoxy) is 1. The SMILES string of the molecule is CC1(CO)CN=C(Cc2ccccc2)OC1. The first-order valence-electron chi connectivity index (χ1n) is 5.53. The Bertz CT molecular complexity index is 375. The van der Waals surface area contributed by atoms with E-state index in [9.17, 15) is 5.11 Å². The van der Waals surface area contributed by atoms with E-state index in [-0.39, 0.29) is 12.0 Å². The standard InChI is InChI=1S/C13H17NO2/c1-13(9-15)8-14-12(16-10-13)7-11-5-3-2-4-6-11/h2-6,15H,7-10H2,1H3. The van der Waals surface area contributed by atoms with Crippen LogP contribution in [0.3, 0.4) is 0 Å². The van der Waals surface area contributed by atoms with Crippen LogP contribution in [0.25, 0.3) is 0 Å². The van der Waals surface area contributed by atoms with Crippen LogP contribution in [0.15, 0.2) is 35.3 Å². The Morgan fingerprint density at radius 1 is 1.38 bits per heavy atom. The average Bonchev–Trinajstić information content (AvgIpc) is 2.34. The Kier molecular flexibility index (Phi) is 3.25. The van der Waals surface area contributed by atoms with E-state index in [1.165, 1.54) is 5.56 Å². The summed E-state index contributed by atoms with van der Waals surface area (Å²) >= 11 is 0. The molecule has 0 aromatic heterocycles. The summed E-state index contributed by atoms with van der Waals surface area (Å²) in [5.74, 6) is 0.775. The van der Waals surface area contributed by atoms with Crippen molar-refractivity contribution in [2.75, 3.05) is 19.8 Å². The molecule has 1 unspecified atom stereocenters. The summed E-state index contributed by atoms with van der Waals surface area (Å²) in [7, 11) is 0. The largest absolute Gasteiger partial charge is 0.480 e. The molecule has 3 heteroatoms. The zero-order valence-corrected chi connectivity index (χ0v) is 9.52. The lowest BCUT2D eigenvalue weighted by molar-refractivity contribution is 0.0691. The zero-order valence-electron chi connectivity index (χ0n) is 9.52. The fourth-order valence-electron chi connectivity index (χ4n) is 1.60. The highest BCUT2D eigenvalue weighted by atomic mass is 16.5. The van der Waals surface area contributed by atoms with Crippen LogP contribution in [0.2, 0.25) is 0 Å². The van der Waals surface area contributed by atoms with Crippen LogP contribution in [0.4, 0.5) is 0 Å². The number of aliphatic hydroxyl groups is 1. The van der Waals surface area contributed by atoms with Crippen LogP contribution in [0.5, 0.6) is 0 Å². The summed E-state index contributed by atoms with van der Waals surface area (Å²) in [6, 6.07) is 10.1. The summed E-state index contributed by atoms with van der Waals surface area (Å²) in [6.07, 6.45) is 0.738. The van der Waals surface area contributed by atoms with Crippen LogP contribution in [0.1, 0.15) is 12.5 Å². The molecule has 2 rings (SSSR count). The predicted molar refractivity (Wildman–Crippen MR) is 63.6 cm³/mol. The first kappa shape index (κ1) is 11.1.